The third-order valence-electron chi connectivity index (χ3n) is 6.38. The van der Waals surface area contributed by atoms with Crippen molar-refractivity contribution in [2.75, 3.05) is 19.8 Å². The minimum Gasteiger partial charge on any atom is -0.378 e. The summed E-state index contributed by atoms with van der Waals surface area (Å²) in [4.78, 5) is 0. The van der Waals surface area contributed by atoms with Crippen molar-refractivity contribution in [2.45, 2.75) is 70.9 Å². The highest BCUT2D eigenvalue weighted by Gasteiger charge is 2.46. The van der Waals surface area contributed by atoms with Crippen molar-refractivity contribution in [1.29, 1.82) is 0 Å². The Bertz CT molecular complexity index is 357. The van der Waals surface area contributed by atoms with Crippen LogP contribution in [0.3, 0.4) is 0 Å². The third-order valence-corrected chi connectivity index (χ3v) is 6.38. The van der Waals surface area contributed by atoms with E-state index in [4.69, 9.17) is 15.2 Å². The second-order valence-corrected chi connectivity index (χ2v) is 8.79. The van der Waals surface area contributed by atoms with Crippen LogP contribution in [0.1, 0.15) is 59.3 Å². The largest absolute Gasteiger partial charge is 0.378 e. The fraction of sp³-hybridized carbons (Fsp3) is 1.00. The first-order valence-corrected chi connectivity index (χ1v) is 8.87. The molecule has 3 heteroatoms. The molecule has 0 amide bonds. The lowest BCUT2D eigenvalue weighted by atomic mass is 9.62. The van der Waals surface area contributed by atoms with E-state index in [1.807, 2.05) is 0 Å². The van der Waals surface area contributed by atoms with E-state index in [-0.39, 0.29) is 5.60 Å². The van der Waals surface area contributed by atoms with E-state index in [0.29, 0.717) is 17.4 Å². The molecule has 122 valence electrons. The van der Waals surface area contributed by atoms with Gasteiger partial charge in [-0.25, -0.2) is 0 Å². The van der Waals surface area contributed by atoms with E-state index in [1.54, 1.807) is 0 Å². The van der Waals surface area contributed by atoms with Crippen LogP contribution in [0.4, 0.5) is 0 Å². The molecule has 2 N–H and O–H groups in total. The maximum atomic E-state index is 6.53. The minimum absolute atomic E-state index is 0.0251. The number of rotatable bonds is 1. The first-order chi connectivity index (χ1) is 9.90. The van der Waals surface area contributed by atoms with Gasteiger partial charge in [-0.2, -0.15) is 0 Å². The highest BCUT2D eigenvalue weighted by molar-refractivity contribution is 4.96. The molecule has 2 saturated heterocycles. The smallest absolute Gasteiger partial charge is 0.0939 e. The predicted molar refractivity (Wildman–Crippen MR) is 85.1 cm³/mol. The quantitative estimate of drug-likeness (QED) is 0.806. The Hall–Kier alpha value is -0.120. The van der Waals surface area contributed by atoms with Crippen LogP contribution in [0.2, 0.25) is 0 Å². The minimum atomic E-state index is 0.0251. The van der Waals surface area contributed by atoms with E-state index < -0.39 is 0 Å². The molecule has 3 rings (SSSR count). The summed E-state index contributed by atoms with van der Waals surface area (Å²) in [6.07, 6.45) is 7.26. The average molecular weight is 295 g/mol. The summed E-state index contributed by atoms with van der Waals surface area (Å²) in [6.45, 7) is 9.74. The fourth-order valence-electron chi connectivity index (χ4n) is 4.85. The summed E-state index contributed by atoms with van der Waals surface area (Å²) in [5.74, 6) is 2.24. The Morgan fingerprint density at radius 2 is 1.90 bits per heavy atom. The van der Waals surface area contributed by atoms with Crippen molar-refractivity contribution in [1.82, 2.24) is 0 Å². The Morgan fingerprint density at radius 3 is 2.57 bits per heavy atom. The zero-order valence-electron chi connectivity index (χ0n) is 14.1. The van der Waals surface area contributed by atoms with Gasteiger partial charge < -0.3 is 15.2 Å². The van der Waals surface area contributed by atoms with Gasteiger partial charge in [-0.15, -0.1) is 0 Å². The van der Waals surface area contributed by atoms with Gasteiger partial charge in [0.1, 0.15) is 0 Å². The Morgan fingerprint density at radius 1 is 1.10 bits per heavy atom. The van der Waals surface area contributed by atoms with E-state index in [0.717, 1.165) is 38.1 Å². The second-order valence-electron chi connectivity index (χ2n) is 8.79. The van der Waals surface area contributed by atoms with Gasteiger partial charge in [0, 0.05) is 25.7 Å². The molecule has 0 aromatic rings. The lowest BCUT2D eigenvalue weighted by Crippen LogP contribution is -2.48. The van der Waals surface area contributed by atoms with Gasteiger partial charge in [-0.3, -0.25) is 0 Å². The van der Waals surface area contributed by atoms with Crippen LogP contribution < -0.4 is 5.73 Å². The maximum absolute atomic E-state index is 6.53. The zero-order valence-corrected chi connectivity index (χ0v) is 14.1. The van der Waals surface area contributed by atoms with Crippen LogP contribution in [0, 0.1) is 23.2 Å². The molecule has 21 heavy (non-hydrogen) atoms. The Kier molecular flexibility index (Phi) is 4.37. The van der Waals surface area contributed by atoms with Gasteiger partial charge in [0.15, 0.2) is 0 Å². The van der Waals surface area contributed by atoms with Crippen LogP contribution >= 0.6 is 0 Å². The predicted octanol–water partition coefficient (Wildman–Crippen LogP) is 3.36. The molecular weight excluding hydrogens is 262 g/mol. The molecule has 1 spiro atoms. The summed E-state index contributed by atoms with van der Waals surface area (Å²) < 4.78 is 11.7. The van der Waals surface area contributed by atoms with Gasteiger partial charge in [0.25, 0.3) is 0 Å². The molecule has 1 aliphatic carbocycles. The average Bonchev–Trinajstić information content (AvgIpc) is 2.86. The molecule has 3 aliphatic rings. The molecule has 0 radical (unpaired) electrons. The zero-order chi connectivity index (χ0) is 15.1. The molecule has 2 heterocycles. The van der Waals surface area contributed by atoms with Crippen LogP contribution in [0.15, 0.2) is 0 Å². The lowest BCUT2D eigenvalue weighted by Gasteiger charge is -2.47. The topological polar surface area (TPSA) is 44.5 Å². The first-order valence-electron chi connectivity index (χ1n) is 8.87. The summed E-state index contributed by atoms with van der Waals surface area (Å²) in [5, 5.41) is 0. The molecule has 5 unspecified atom stereocenters. The number of hydrogen-bond donors (Lipinski definition) is 1. The summed E-state index contributed by atoms with van der Waals surface area (Å²) in [6, 6.07) is 0.395. The van der Waals surface area contributed by atoms with Crippen molar-refractivity contribution in [3.8, 4) is 0 Å². The van der Waals surface area contributed by atoms with Gasteiger partial charge in [-0.1, -0.05) is 20.8 Å². The van der Waals surface area contributed by atoms with Gasteiger partial charge in [-0.05, 0) is 55.3 Å². The number of hydrogen-bond acceptors (Lipinski definition) is 3. The Balaban J connectivity index is 1.69. The van der Waals surface area contributed by atoms with E-state index in [1.165, 1.54) is 32.1 Å². The van der Waals surface area contributed by atoms with Crippen molar-refractivity contribution >= 4 is 0 Å². The Labute approximate surface area is 129 Å². The summed E-state index contributed by atoms with van der Waals surface area (Å²) >= 11 is 0. The molecule has 3 nitrogen and oxygen atoms in total. The normalized spacial score (nSPS) is 45.1. The molecule has 2 aliphatic heterocycles. The molecule has 3 fully saturated rings. The van der Waals surface area contributed by atoms with Gasteiger partial charge in [0.05, 0.1) is 12.2 Å². The molecule has 5 atom stereocenters. The molecule has 0 aromatic carbocycles. The number of nitrogens with two attached hydrogens (primary N) is 1. The monoisotopic (exact) mass is 295 g/mol. The van der Waals surface area contributed by atoms with Crippen LogP contribution in [-0.2, 0) is 9.47 Å². The summed E-state index contributed by atoms with van der Waals surface area (Å²) in [7, 11) is 0. The molecule has 0 bridgehead atoms. The fourth-order valence-corrected chi connectivity index (χ4v) is 4.85. The van der Waals surface area contributed by atoms with Gasteiger partial charge >= 0.3 is 0 Å². The highest BCUT2D eigenvalue weighted by Crippen LogP contribution is 2.47. The van der Waals surface area contributed by atoms with E-state index in [9.17, 15) is 0 Å². The second kappa shape index (κ2) is 5.82. The molecule has 1 saturated carbocycles. The standard InChI is InChI=1S/C18H33NO2/c1-17(2,3)14-4-5-16(19)15(10-14)13-6-8-21-18(11-13)7-9-20-12-18/h13-16H,4-12,19H2,1-3H3. The van der Waals surface area contributed by atoms with Crippen LogP contribution in [0.5, 0.6) is 0 Å². The molecular formula is C18H33NO2. The lowest BCUT2D eigenvalue weighted by molar-refractivity contribution is -0.112. The van der Waals surface area contributed by atoms with E-state index in [2.05, 4.69) is 20.8 Å². The SMILES string of the molecule is CC(C)(C)C1CCC(N)C(C2CCOC3(CCOC3)C2)C1. The maximum Gasteiger partial charge on any atom is 0.0939 e. The van der Waals surface area contributed by atoms with Crippen molar-refractivity contribution in [2.24, 2.45) is 28.9 Å². The van der Waals surface area contributed by atoms with E-state index >= 15 is 0 Å². The molecule has 0 aromatic heterocycles. The van der Waals surface area contributed by atoms with Crippen molar-refractivity contribution in [3.63, 3.8) is 0 Å². The first kappa shape index (κ1) is 15.8. The third kappa shape index (κ3) is 3.30. The van der Waals surface area contributed by atoms with Crippen LogP contribution in [-0.4, -0.2) is 31.5 Å². The van der Waals surface area contributed by atoms with Gasteiger partial charge in [0.2, 0.25) is 0 Å². The highest BCUT2D eigenvalue weighted by atomic mass is 16.6. The summed E-state index contributed by atoms with van der Waals surface area (Å²) in [5.41, 5.74) is 6.97. The van der Waals surface area contributed by atoms with Crippen molar-refractivity contribution < 1.29 is 9.47 Å². The van der Waals surface area contributed by atoms with Crippen LogP contribution in [0.25, 0.3) is 0 Å². The van der Waals surface area contributed by atoms with Crippen molar-refractivity contribution in [3.05, 3.63) is 0 Å². The number of ether oxygens (including phenoxy) is 2.